The summed E-state index contributed by atoms with van der Waals surface area (Å²) in [6.07, 6.45) is 0. The topological polar surface area (TPSA) is 3.24 Å². The molecule has 11 aromatic carbocycles. The van der Waals surface area contributed by atoms with Gasteiger partial charge < -0.3 is 4.90 Å². The second-order valence-electron chi connectivity index (χ2n) is 16.0. The molecule has 62 heavy (non-hydrogen) atoms. The van der Waals surface area contributed by atoms with E-state index in [-0.39, 0.29) is 0 Å². The van der Waals surface area contributed by atoms with Crippen LogP contribution in [0.1, 0.15) is 0 Å². The van der Waals surface area contributed by atoms with E-state index >= 15 is 0 Å². The van der Waals surface area contributed by atoms with Crippen molar-refractivity contribution in [1.29, 1.82) is 0 Å². The molecule has 0 aliphatic rings. The zero-order valence-electron chi connectivity index (χ0n) is 33.9. The fraction of sp³-hybridized carbons (Fsp3) is 0. The van der Waals surface area contributed by atoms with Crippen LogP contribution in [0, 0.1) is 0 Å². The van der Waals surface area contributed by atoms with E-state index in [2.05, 4.69) is 241 Å². The first-order chi connectivity index (χ1) is 30.8. The summed E-state index contributed by atoms with van der Waals surface area (Å²) in [5.74, 6) is 0. The summed E-state index contributed by atoms with van der Waals surface area (Å²) in [5.41, 5.74) is 13.1. The van der Waals surface area contributed by atoms with Crippen molar-refractivity contribution in [2.24, 2.45) is 0 Å². The molecule has 12 aromatic rings. The Bertz CT molecular complexity index is 3620. The SMILES string of the molecule is c1ccc(-c2ccc(-c3ccccc3)c(-c3ccc(N(c4c(-c5cccc6ccccc56)c5ccccc5c5ccccc45)c4cccc5c4sc4ccccc45)cc3)c2)cc1. The van der Waals surface area contributed by atoms with Crippen LogP contribution in [0.25, 0.3) is 97.0 Å². The summed E-state index contributed by atoms with van der Waals surface area (Å²) in [5, 5.41) is 9.93. The highest BCUT2D eigenvalue weighted by Crippen LogP contribution is 2.53. The van der Waals surface area contributed by atoms with Crippen molar-refractivity contribution in [2.45, 2.75) is 0 Å². The summed E-state index contributed by atoms with van der Waals surface area (Å²) >= 11 is 1.88. The van der Waals surface area contributed by atoms with Gasteiger partial charge in [-0.1, -0.05) is 206 Å². The molecule has 0 fully saturated rings. The van der Waals surface area contributed by atoms with Gasteiger partial charge in [0.15, 0.2) is 0 Å². The lowest BCUT2D eigenvalue weighted by molar-refractivity contribution is 1.32. The Morgan fingerprint density at radius 1 is 0.306 bits per heavy atom. The van der Waals surface area contributed by atoms with Crippen molar-refractivity contribution < 1.29 is 0 Å². The number of hydrogen-bond acceptors (Lipinski definition) is 2. The van der Waals surface area contributed by atoms with Crippen molar-refractivity contribution in [3.63, 3.8) is 0 Å². The predicted octanol–water partition coefficient (Wildman–Crippen LogP) is 17.7. The lowest BCUT2D eigenvalue weighted by Gasteiger charge is -2.31. The number of anilines is 3. The summed E-state index contributed by atoms with van der Waals surface area (Å²) < 4.78 is 2.55. The largest absolute Gasteiger partial charge is 0.308 e. The van der Waals surface area contributed by atoms with Crippen molar-refractivity contribution in [2.75, 3.05) is 4.90 Å². The zero-order chi connectivity index (χ0) is 41.0. The summed E-state index contributed by atoms with van der Waals surface area (Å²) in [6, 6.07) is 86.9. The lowest BCUT2D eigenvalue weighted by Crippen LogP contribution is -2.12. The first-order valence-corrected chi connectivity index (χ1v) is 22.1. The average molecular weight is 806 g/mol. The number of nitrogens with zero attached hydrogens (tertiary/aromatic N) is 1. The van der Waals surface area contributed by atoms with E-state index < -0.39 is 0 Å². The van der Waals surface area contributed by atoms with E-state index in [1.165, 1.54) is 103 Å². The Morgan fingerprint density at radius 2 is 0.855 bits per heavy atom. The van der Waals surface area contributed by atoms with E-state index in [1.807, 2.05) is 11.3 Å². The standard InChI is InChI=1S/C60H39NS/c1-3-17-40(18-4-1)44-35-38-47(41-19-5-2-6-20-41)55(39-44)43-33-36-45(37-34-43)61(56-31-16-30-54-50-26-13-14-32-57(50)62-60(54)56)59-53-28-12-10-25-49(53)48-24-9-11-27-52(48)58(59)51-29-15-22-42-21-7-8-23-46(42)51/h1-39H. The van der Waals surface area contributed by atoms with Gasteiger partial charge in [0.2, 0.25) is 0 Å². The molecular formula is C60H39NS. The van der Waals surface area contributed by atoms with E-state index in [0.29, 0.717) is 0 Å². The van der Waals surface area contributed by atoms with Gasteiger partial charge in [0.1, 0.15) is 0 Å². The van der Waals surface area contributed by atoms with Crippen LogP contribution < -0.4 is 4.90 Å². The summed E-state index contributed by atoms with van der Waals surface area (Å²) in [7, 11) is 0. The quantitative estimate of drug-likeness (QED) is 0.145. The van der Waals surface area contributed by atoms with Crippen LogP contribution in [-0.2, 0) is 0 Å². The third-order valence-corrected chi connectivity index (χ3v) is 13.7. The maximum absolute atomic E-state index is 2.56. The van der Waals surface area contributed by atoms with Gasteiger partial charge in [-0.05, 0) is 96.2 Å². The fourth-order valence-electron chi connectivity index (χ4n) is 9.62. The van der Waals surface area contributed by atoms with Gasteiger partial charge in [0.25, 0.3) is 0 Å². The highest BCUT2D eigenvalue weighted by atomic mass is 32.1. The Kier molecular flexibility index (Phi) is 8.76. The van der Waals surface area contributed by atoms with Crippen LogP contribution in [0.2, 0.25) is 0 Å². The van der Waals surface area contributed by atoms with Gasteiger partial charge in [-0.2, -0.15) is 0 Å². The average Bonchev–Trinajstić information content (AvgIpc) is 3.74. The molecule has 0 aliphatic carbocycles. The number of rotatable bonds is 7. The van der Waals surface area contributed by atoms with Gasteiger partial charge in [0, 0.05) is 32.1 Å². The second-order valence-corrected chi connectivity index (χ2v) is 17.0. The van der Waals surface area contributed by atoms with Gasteiger partial charge in [-0.25, -0.2) is 0 Å². The van der Waals surface area contributed by atoms with Gasteiger partial charge in [-0.3, -0.25) is 0 Å². The highest BCUT2D eigenvalue weighted by molar-refractivity contribution is 7.26. The van der Waals surface area contributed by atoms with E-state index in [1.54, 1.807) is 0 Å². The third-order valence-electron chi connectivity index (χ3n) is 12.5. The maximum Gasteiger partial charge on any atom is 0.0640 e. The molecule has 0 saturated heterocycles. The van der Waals surface area contributed by atoms with Crippen LogP contribution >= 0.6 is 11.3 Å². The van der Waals surface area contributed by atoms with E-state index in [4.69, 9.17) is 0 Å². The minimum atomic E-state index is 1.10. The zero-order valence-corrected chi connectivity index (χ0v) is 34.7. The molecule has 0 spiro atoms. The molecule has 0 aliphatic heterocycles. The Balaban J connectivity index is 1.16. The minimum Gasteiger partial charge on any atom is -0.308 e. The number of thiophene rings is 1. The molecule has 0 N–H and O–H groups in total. The van der Waals surface area contributed by atoms with Crippen molar-refractivity contribution in [3.05, 3.63) is 237 Å². The molecule has 0 amide bonds. The van der Waals surface area contributed by atoms with Crippen LogP contribution in [0.15, 0.2) is 237 Å². The maximum atomic E-state index is 2.56. The van der Waals surface area contributed by atoms with Crippen molar-refractivity contribution in [1.82, 2.24) is 0 Å². The van der Waals surface area contributed by atoms with Crippen LogP contribution in [0.4, 0.5) is 17.1 Å². The van der Waals surface area contributed by atoms with Gasteiger partial charge in [-0.15, -0.1) is 11.3 Å². The number of benzene rings is 11. The molecule has 1 aromatic heterocycles. The lowest BCUT2D eigenvalue weighted by atomic mass is 9.87. The Labute approximate surface area is 365 Å². The molecule has 0 radical (unpaired) electrons. The number of hydrogen-bond donors (Lipinski definition) is 0. The van der Waals surface area contributed by atoms with Crippen LogP contribution in [0.3, 0.4) is 0 Å². The molecule has 0 unspecified atom stereocenters. The molecule has 0 atom stereocenters. The summed E-state index contributed by atoms with van der Waals surface area (Å²) in [6.45, 7) is 0. The van der Waals surface area contributed by atoms with E-state index in [9.17, 15) is 0 Å². The van der Waals surface area contributed by atoms with Crippen LogP contribution in [-0.4, -0.2) is 0 Å². The molecule has 2 heteroatoms. The minimum absolute atomic E-state index is 1.10. The Morgan fingerprint density at radius 3 is 1.63 bits per heavy atom. The normalized spacial score (nSPS) is 11.5. The van der Waals surface area contributed by atoms with Gasteiger partial charge in [0.05, 0.1) is 16.1 Å². The highest BCUT2D eigenvalue weighted by Gasteiger charge is 2.26. The number of fused-ring (bicyclic) bond motifs is 7. The molecule has 0 bridgehead atoms. The monoisotopic (exact) mass is 805 g/mol. The first-order valence-electron chi connectivity index (χ1n) is 21.3. The van der Waals surface area contributed by atoms with Gasteiger partial charge >= 0.3 is 0 Å². The predicted molar refractivity (Wildman–Crippen MR) is 268 cm³/mol. The molecule has 1 nitrogen and oxygen atoms in total. The third kappa shape index (κ3) is 5.99. The van der Waals surface area contributed by atoms with Crippen LogP contribution in [0.5, 0.6) is 0 Å². The molecule has 0 saturated carbocycles. The molecule has 1 heterocycles. The molecule has 290 valence electrons. The molecular weight excluding hydrogens is 767 g/mol. The van der Waals surface area contributed by atoms with E-state index in [0.717, 1.165) is 11.4 Å². The smallest absolute Gasteiger partial charge is 0.0640 e. The fourth-order valence-corrected chi connectivity index (χ4v) is 10.8. The second kappa shape index (κ2) is 15.0. The van der Waals surface area contributed by atoms with Crippen molar-refractivity contribution in [3.8, 4) is 44.5 Å². The first kappa shape index (κ1) is 36.1. The van der Waals surface area contributed by atoms with Crippen molar-refractivity contribution >= 4 is 80.9 Å². The Hall–Kier alpha value is -7.78. The summed E-state index contributed by atoms with van der Waals surface area (Å²) in [4.78, 5) is 2.56. The molecule has 12 rings (SSSR count).